The Bertz CT molecular complexity index is 151. The minimum absolute atomic E-state index is 0.253. The highest BCUT2D eigenvalue weighted by atomic mass is 32.2. The molecule has 2 nitrogen and oxygen atoms in total. The summed E-state index contributed by atoms with van der Waals surface area (Å²) in [5, 5.41) is 12.6. The molecular formula is C10H21NOS. The summed E-state index contributed by atoms with van der Waals surface area (Å²) in [6, 6.07) is 1.13. The predicted molar refractivity (Wildman–Crippen MR) is 59.2 cm³/mol. The van der Waals surface area contributed by atoms with Crippen LogP contribution in [0, 0.1) is 5.41 Å². The molecule has 1 saturated heterocycles. The molecule has 13 heavy (non-hydrogen) atoms. The SMILES string of the molecule is CC(C)(C)C(CCO)NC1CSC1. The van der Waals surface area contributed by atoms with Crippen LogP contribution in [0.15, 0.2) is 0 Å². The third kappa shape index (κ3) is 3.49. The molecule has 0 bridgehead atoms. The standard InChI is InChI=1S/C10H21NOS/c1-10(2,3)9(4-5-12)11-8-6-13-7-8/h8-9,11-12H,4-7H2,1-3H3. The van der Waals surface area contributed by atoms with Gasteiger partial charge >= 0.3 is 0 Å². The minimum atomic E-state index is 0.253. The molecule has 0 aliphatic carbocycles. The van der Waals surface area contributed by atoms with Gasteiger partial charge in [-0.15, -0.1) is 0 Å². The molecule has 0 radical (unpaired) electrons. The first-order chi connectivity index (χ1) is 6.04. The predicted octanol–water partition coefficient (Wildman–Crippen LogP) is 1.49. The molecule has 78 valence electrons. The monoisotopic (exact) mass is 203 g/mol. The Balaban J connectivity index is 2.36. The molecular weight excluding hydrogens is 182 g/mol. The molecule has 2 N–H and O–H groups in total. The van der Waals surface area contributed by atoms with Crippen LogP contribution in [-0.2, 0) is 0 Å². The first kappa shape index (κ1) is 11.3. The second-order valence-electron chi connectivity index (χ2n) is 4.83. The molecule has 0 amide bonds. The first-order valence-corrected chi connectivity index (χ1v) is 6.14. The van der Waals surface area contributed by atoms with E-state index in [1.165, 1.54) is 11.5 Å². The summed E-state index contributed by atoms with van der Waals surface area (Å²) in [5.74, 6) is 2.47. The highest BCUT2D eigenvalue weighted by molar-refractivity contribution is 8.00. The highest BCUT2D eigenvalue weighted by Gasteiger charge is 2.28. The van der Waals surface area contributed by atoms with E-state index in [1.807, 2.05) is 11.8 Å². The number of hydrogen-bond acceptors (Lipinski definition) is 3. The number of aliphatic hydroxyl groups excluding tert-OH is 1. The molecule has 0 aromatic rings. The quantitative estimate of drug-likeness (QED) is 0.726. The fourth-order valence-corrected chi connectivity index (χ4v) is 2.18. The first-order valence-electron chi connectivity index (χ1n) is 4.98. The lowest BCUT2D eigenvalue weighted by molar-refractivity contribution is 0.190. The summed E-state index contributed by atoms with van der Waals surface area (Å²) in [6.45, 7) is 6.97. The van der Waals surface area contributed by atoms with Gasteiger partial charge in [-0.05, 0) is 11.8 Å². The van der Waals surface area contributed by atoms with E-state index in [1.54, 1.807) is 0 Å². The summed E-state index contributed by atoms with van der Waals surface area (Å²) >= 11 is 1.99. The lowest BCUT2D eigenvalue weighted by Crippen LogP contribution is -2.51. The van der Waals surface area contributed by atoms with Crippen molar-refractivity contribution < 1.29 is 5.11 Å². The van der Waals surface area contributed by atoms with Crippen LogP contribution in [0.1, 0.15) is 27.2 Å². The molecule has 0 spiro atoms. The zero-order chi connectivity index (χ0) is 9.90. The van der Waals surface area contributed by atoms with Gasteiger partial charge in [-0.1, -0.05) is 20.8 Å². The van der Waals surface area contributed by atoms with Crippen LogP contribution < -0.4 is 5.32 Å². The smallest absolute Gasteiger partial charge is 0.0446 e. The maximum absolute atomic E-state index is 8.96. The second-order valence-corrected chi connectivity index (χ2v) is 5.91. The molecule has 1 fully saturated rings. The molecule has 1 atom stereocenters. The van der Waals surface area contributed by atoms with Gasteiger partial charge in [-0.25, -0.2) is 0 Å². The third-order valence-electron chi connectivity index (χ3n) is 2.54. The number of thioether (sulfide) groups is 1. The van der Waals surface area contributed by atoms with Gasteiger partial charge in [0, 0.05) is 30.2 Å². The van der Waals surface area contributed by atoms with Crippen molar-refractivity contribution >= 4 is 11.8 Å². The Morgan fingerprint density at radius 3 is 2.38 bits per heavy atom. The molecule has 1 rings (SSSR count). The van der Waals surface area contributed by atoms with Crippen molar-refractivity contribution in [2.75, 3.05) is 18.1 Å². The number of nitrogens with one attached hydrogen (secondary N) is 1. The van der Waals surface area contributed by atoms with E-state index in [0.717, 1.165) is 6.42 Å². The maximum atomic E-state index is 8.96. The molecule has 1 heterocycles. The average molecular weight is 203 g/mol. The zero-order valence-corrected chi connectivity index (χ0v) is 9.66. The van der Waals surface area contributed by atoms with E-state index in [4.69, 9.17) is 5.11 Å². The van der Waals surface area contributed by atoms with Crippen LogP contribution in [-0.4, -0.2) is 35.3 Å². The number of hydrogen-bond donors (Lipinski definition) is 2. The number of rotatable bonds is 4. The van der Waals surface area contributed by atoms with Crippen LogP contribution >= 0.6 is 11.8 Å². The second kappa shape index (κ2) is 4.67. The van der Waals surface area contributed by atoms with Crippen molar-refractivity contribution in [3.8, 4) is 0 Å². The highest BCUT2D eigenvalue weighted by Crippen LogP contribution is 2.25. The van der Waals surface area contributed by atoms with Crippen LogP contribution in [0.3, 0.4) is 0 Å². The van der Waals surface area contributed by atoms with E-state index in [-0.39, 0.29) is 12.0 Å². The van der Waals surface area contributed by atoms with Crippen molar-refractivity contribution in [2.45, 2.75) is 39.3 Å². The Morgan fingerprint density at radius 2 is 2.08 bits per heavy atom. The topological polar surface area (TPSA) is 32.3 Å². The van der Waals surface area contributed by atoms with Gasteiger partial charge in [0.1, 0.15) is 0 Å². The largest absolute Gasteiger partial charge is 0.396 e. The third-order valence-corrected chi connectivity index (χ3v) is 3.81. The van der Waals surface area contributed by atoms with Crippen molar-refractivity contribution in [3.63, 3.8) is 0 Å². The van der Waals surface area contributed by atoms with Gasteiger partial charge in [0.25, 0.3) is 0 Å². The van der Waals surface area contributed by atoms with E-state index < -0.39 is 0 Å². The molecule has 3 heteroatoms. The molecule has 1 unspecified atom stereocenters. The van der Waals surface area contributed by atoms with Crippen molar-refractivity contribution in [1.29, 1.82) is 0 Å². The van der Waals surface area contributed by atoms with Crippen molar-refractivity contribution in [2.24, 2.45) is 5.41 Å². The van der Waals surface area contributed by atoms with Crippen LogP contribution in [0.25, 0.3) is 0 Å². The van der Waals surface area contributed by atoms with E-state index in [0.29, 0.717) is 12.1 Å². The summed E-state index contributed by atoms with van der Waals surface area (Å²) < 4.78 is 0. The van der Waals surface area contributed by atoms with Gasteiger partial charge in [0.05, 0.1) is 0 Å². The van der Waals surface area contributed by atoms with Crippen molar-refractivity contribution in [3.05, 3.63) is 0 Å². The Hall–Kier alpha value is 0.270. The van der Waals surface area contributed by atoms with Gasteiger partial charge in [0.2, 0.25) is 0 Å². The fourth-order valence-electron chi connectivity index (χ4n) is 1.51. The molecule has 0 aromatic heterocycles. The van der Waals surface area contributed by atoms with Crippen LogP contribution in [0.2, 0.25) is 0 Å². The molecule has 1 aliphatic heterocycles. The summed E-state index contributed by atoms with van der Waals surface area (Å²) in [7, 11) is 0. The van der Waals surface area contributed by atoms with Gasteiger partial charge in [-0.3, -0.25) is 0 Å². The Morgan fingerprint density at radius 1 is 1.46 bits per heavy atom. The summed E-state index contributed by atoms with van der Waals surface area (Å²) in [4.78, 5) is 0. The van der Waals surface area contributed by atoms with E-state index >= 15 is 0 Å². The average Bonchev–Trinajstić information content (AvgIpc) is 1.91. The van der Waals surface area contributed by atoms with Crippen LogP contribution in [0.4, 0.5) is 0 Å². The number of aliphatic hydroxyl groups is 1. The Labute approximate surface area is 85.5 Å². The summed E-state index contributed by atoms with van der Waals surface area (Å²) in [5.41, 5.74) is 0.253. The fraction of sp³-hybridized carbons (Fsp3) is 1.00. The molecule has 1 aliphatic rings. The Kier molecular flexibility index (Phi) is 4.07. The normalized spacial score (nSPS) is 21.2. The molecule has 0 saturated carbocycles. The molecule has 0 aromatic carbocycles. The van der Waals surface area contributed by atoms with Gasteiger partial charge < -0.3 is 10.4 Å². The van der Waals surface area contributed by atoms with E-state index in [9.17, 15) is 0 Å². The lowest BCUT2D eigenvalue weighted by Gasteiger charge is -2.37. The van der Waals surface area contributed by atoms with E-state index in [2.05, 4.69) is 26.1 Å². The van der Waals surface area contributed by atoms with Gasteiger partial charge in [0.15, 0.2) is 0 Å². The van der Waals surface area contributed by atoms with Crippen LogP contribution in [0.5, 0.6) is 0 Å². The van der Waals surface area contributed by atoms with Gasteiger partial charge in [-0.2, -0.15) is 11.8 Å². The minimum Gasteiger partial charge on any atom is -0.396 e. The maximum Gasteiger partial charge on any atom is 0.0446 e. The summed E-state index contributed by atoms with van der Waals surface area (Å²) in [6.07, 6.45) is 0.866. The van der Waals surface area contributed by atoms with Crippen molar-refractivity contribution in [1.82, 2.24) is 5.32 Å². The lowest BCUT2D eigenvalue weighted by atomic mass is 9.84. The zero-order valence-electron chi connectivity index (χ0n) is 8.84.